The van der Waals surface area contributed by atoms with Crippen LogP contribution >= 0.6 is 11.6 Å². The molecule has 0 bridgehead atoms. The maximum Gasteiger partial charge on any atom is 0.326 e. The van der Waals surface area contributed by atoms with Crippen LogP contribution in [0.25, 0.3) is 0 Å². The number of carboxylic acids is 1. The second kappa shape index (κ2) is 9.82. The van der Waals surface area contributed by atoms with Crippen LogP contribution in [-0.4, -0.2) is 29.6 Å². The van der Waals surface area contributed by atoms with Gasteiger partial charge in [0.25, 0.3) is 0 Å². The van der Waals surface area contributed by atoms with Crippen molar-refractivity contribution < 1.29 is 19.4 Å². The van der Waals surface area contributed by atoms with Gasteiger partial charge in [0.1, 0.15) is 11.8 Å². The lowest BCUT2D eigenvalue weighted by Gasteiger charge is -2.15. The molecular weight excluding hydrogens is 354 g/mol. The van der Waals surface area contributed by atoms with Gasteiger partial charge in [-0.2, -0.15) is 0 Å². The highest BCUT2D eigenvalue weighted by Crippen LogP contribution is 2.14. The van der Waals surface area contributed by atoms with E-state index in [9.17, 15) is 14.7 Å². The second-order valence-corrected chi connectivity index (χ2v) is 6.40. The van der Waals surface area contributed by atoms with E-state index in [1.807, 2.05) is 6.92 Å². The predicted octanol–water partition coefficient (Wildman–Crippen LogP) is 3.48. The van der Waals surface area contributed by atoms with E-state index in [0.717, 1.165) is 23.3 Å². The van der Waals surface area contributed by atoms with Crippen molar-refractivity contribution in [2.24, 2.45) is 0 Å². The number of aliphatic carboxylic acids is 1. The minimum absolute atomic E-state index is 0.105. The molecule has 0 aromatic heterocycles. The SMILES string of the molecule is CCCOc1ccc(CC(=O)N[C@H](Cc2cccc(Cl)c2)C(=O)O)cc1. The number of halogens is 1. The van der Waals surface area contributed by atoms with Crippen molar-refractivity contribution in [3.63, 3.8) is 0 Å². The molecule has 2 aromatic rings. The molecule has 26 heavy (non-hydrogen) atoms. The molecule has 1 amide bonds. The van der Waals surface area contributed by atoms with Crippen molar-refractivity contribution >= 4 is 23.5 Å². The molecule has 0 fully saturated rings. The lowest BCUT2D eigenvalue weighted by atomic mass is 10.1. The van der Waals surface area contributed by atoms with Crippen molar-refractivity contribution in [3.05, 3.63) is 64.7 Å². The first-order valence-corrected chi connectivity index (χ1v) is 8.84. The molecule has 0 aliphatic rings. The van der Waals surface area contributed by atoms with Crippen molar-refractivity contribution in [2.75, 3.05) is 6.61 Å². The van der Waals surface area contributed by atoms with Crippen LogP contribution in [0.5, 0.6) is 5.75 Å². The smallest absolute Gasteiger partial charge is 0.326 e. The molecule has 0 heterocycles. The van der Waals surface area contributed by atoms with Gasteiger partial charge in [-0.25, -0.2) is 4.79 Å². The number of rotatable bonds is 9. The minimum atomic E-state index is -1.08. The molecule has 0 saturated carbocycles. The second-order valence-electron chi connectivity index (χ2n) is 5.96. The van der Waals surface area contributed by atoms with Crippen molar-refractivity contribution in [3.8, 4) is 5.75 Å². The summed E-state index contributed by atoms with van der Waals surface area (Å²) in [6.45, 7) is 2.67. The van der Waals surface area contributed by atoms with E-state index < -0.39 is 12.0 Å². The Morgan fingerprint density at radius 2 is 1.88 bits per heavy atom. The molecule has 0 spiro atoms. The van der Waals surface area contributed by atoms with E-state index in [4.69, 9.17) is 16.3 Å². The summed E-state index contributed by atoms with van der Waals surface area (Å²) >= 11 is 5.92. The van der Waals surface area contributed by atoms with Gasteiger partial charge in [-0.3, -0.25) is 4.79 Å². The Bertz CT molecular complexity index is 746. The molecule has 2 rings (SSSR count). The first kappa shape index (κ1) is 19.8. The van der Waals surface area contributed by atoms with E-state index in [1.165, 1.54) is 0 Å². The number of nitrogens with one attached hydrogen (secondary N) is 1. The fourth-order valence-corrected chi connectivity index (χ4v) is 2.67. The Labute approximate surface area is 157 Å². The van der Waals surface area contributed by atoms with Crippen LogP contribution in [0, 0.1) is 0 Å². The third kappa shape index (κ3) is 6.41. The summed E-state index contributed by atoms with van der Waals surface area (Å²) in [5.41, 5.74) is 1.54. The van der Waals surface area contributed by atoms with Gasteiger partial charge in [0.15, 0.2) is 0 Å². The van der Waals surface area contributed by atoms with Crippen LogP contribution in [0.4, 0.5) is 0 Å². The quantitative estimate of drug-likeness (QED) is 0.703. The molecular formula is C20H22ClNO4. The molecule has 0 saturated heterocycles. The van der Waals surface area contributed by atoms with E-state index in [2.05, 4.69) is 5.32 Å². The molecule has 6 heteroatoms. The van der Waals surface area contributed by atoms with Gasteiger partial charge < -0.3 is 15.2 Å². The Balaban J connectivity index is 1.93. The van der Waals surface area contributed by atoms with Gasteiger partial charge in [0, 0.05) is 11.4 Å². The molecule has 138 valence electrons. The highest BCUT2D eigenvalue weighted by atomic mass is 35.5. The Morgan fingerprint density at radius 3 is 2.50 bits per heavy atom. The average Bonchev–Trinajstić information content (AvgIpc) is 2.60. The number of amides is 1. The third-order valence-corrected chi connectivity index (χ3v) is 3.96. The average molecular weight is 376 g/mol. The highest BCUT2D eigenvalue weighted by Gasteiger charge is 2.20. The Hall–Kier alpha value is -2.53. The summed E-state index contributed by atoms with van der Waals surface area (Å²) in [6, 6.07) is 13.1. The first-order chi connectivity index (χ1) is 12.5. The van der Waals surface area contributed by atoms with Gasteiger partial charge in [-0.15, -0.1) is 0 Å². The van der Waals surface area contributed by atoms with E-state index in [1.54, 1.807) is 48.5 Å². The van der Waals surface area contributed by atoms with E-state index in [-0.39, 0.29) is 18.7 Å². The molecule has 2 aromatic carbocycles. The zero-order valence-corrected chi connectivity index (χ0v) is 15.3. The number of carboxylic acid groups (broad SMARTS) is 1. The molecule has 5 nitrogen and oxygen atoms in total. The highest BCUT2D eigenvalue weighted by molar-refractivity contribution is 6.30. The summed E-state index contributed by atoms with van der Waals surface area (Å²) in [6.07, 6.45) is 1.20. The van der Waals surface area contributed by atoms with Gasteiger partial charge in [0.2, 0.25) is 5.91 Å². The molecule has 0 aliphatic carbocycles. The van der Waals surface area contributed by atoms with Crippen LogP contribution in [0.2, 0.25) is 5.02 Å². The maximum atomic E-state index is 12.2. The van der Waals surface area contributed by atoms with Crippen molar-refractivity contribution in [1.29, 1.82) is 0 Å². The lowest BCUT2D eigenvalue weighted by Crippen LogP contribution is -2.43. The summed E-state index contributed by atoms with van der Waals surface area (Å²) in [4.78, 5) is 23.7. The monoisotopic (exact) mass is 375 g/mol. The summed E-state index contributed by atoms with van der Waals surface area (Å²) in [7, 11) is 0. The van der Waals surface area contributed by atoms with Crippen LogP contribution in [0.15, 0.2) is 48.5 Å². The summed E-state index contributed by atoms with van der Waals surface area (Å²) in [5.74, 6) is -0.677. The summed E-state index contributed by atoms with van der Waals surface area (Å²) in [5, 5.41) is 12.5. The number of hydrogen-bond acceptors (Lipinski definition) is 3. The first-order valence-electron chi connectivity index (χ1n) is 8.46. The zero-order valence-electron chi connectivity index (χ0n) is 14.6. The number of hydrogen-bond donors (Lipinski definition) is 2. The van der Waals surface area contributed by atoms with Crippen molar-refractivity contribution in [2.45, 2.75) is 32.2 Å². The predicted molar refractivity (Wildman–Crippen MR) is 101 cm³/mol. The maximum absolute atomic E-state index is 12.2. The van der Waals surface area contributed by atoms with E-state index >= 15 is 0 Å². The van der Waals surface area contributed by atoms with Crippen LogP contribution in [0.3, 0.4) is 0 Å². The largest absolute Gasteiger partial charge is 0.494 e. The standard InChI is InChI=1S/C20H22ClNO4/c1-2-10-26-17-8-6-14(7-9-17)13-19(23)22-18(20(24)25)12-15-4-3-5-16(21)11-15/h3-9,11,18H,2,10,12-13H2,1H3,(H,22,23)(H,24,25)/t18-/m1/s1. The minimum Gasteiger partial charge on any atom is -0.494 e. The molecule has 1 atom stereocenters. The number of carbonyl (C=O) groups excluding carboxylic acids is 1. The Morgan fingerprint density at radius 1 is 1.15 bits per heavy atom. The molecule has 0 aliphatic heterocycles. The number of benzene rings is 2. The molecule has 2 N–H and O–H groups in total. The zero-order chi connectivity index (χ0) is 18.9. The van der Waals surface area contributed by atoms with Gasteiger partial charge in [-0.1, -0.05) is 42.8 Å². The Kier molecular flexibility index (Phi) is 7.48. The van der Waals surface area contributed by atoms with Crippen LogP contribution in [0.1, 0.15) is 24.5 Å². The van der Waals surface area contributed by atoms with Gasteiger partial charge >= 0.3 is 5.97 Å². The third-order valence-electron chi connectivity index (χ3n) is 3.72. The van der Waals surface area contributed by atoms with E-state index in [0.29, 0.717) is 11.6 Å². The van der Waals surface area contributed by atoms with Crippen LogP contribution in [-0.2, 0) is 22.4 Å². The fraction of sp³-hybridized carbons (Fsp3) is 0.300. The lowest BCUT2D eigenvalue weighted by molar-refractivity contribution is -0.141. The molecule has 0 radical (unpaired) electrons. The summed E-state index contributed by atoms with van der Waals surface area (Å²) < 4.78 is 5.50. The van der Waals surface area contributed by atoms with Crippen molar-refractivity contribution in [1.82, 2.24) is 5.32 Å². The molecule has 0 unspecified atom stereocenters. The van der Waals surface area contributed by atoms with Crippen LogP contribution < -0.4 is 10.1 Å². The van der Waals surface area contributed by atoms with Gasteiger partial charge in [-0.05, 0) is 41.8 Å². The number of ether oxygens (including phenoxy) is 1. The van der Waals surface area contributed by atoms with Gasteiger partial charge in [0.05, 0.1) is 13.0 Å². The fourth-order valence-electron chi connectivity index (χ4n) is 2.45. The number of carbonyl (C=O) groups is 2. The topological polar surface area (TPSA) is 75.6 Å². The normalized spacial score (nSPS) is 11.6.